The molecule has 0 bridgehead atoms. The van der Waals surface area contributed by atoms with E-state index in [1.54, 1.807) is 25.3 Å². The van der Waals surface area contributed by atoms with Crippen LogP contribution in [0, 0.1) is 0 Å². The SMILES string of the molecule is COc1cccc(-c2cc(C(=O)NCCc3ccc(S(N)(=O)=O)cc3)c3ccccc3n2)c1. The van der Waals surface area contributed by atoms with Crippen LogP contribution in [0.5, 0.6) is 5.75 Å². The summed E-state index contributed by atoms with van der Waals surface area (Å²) in [5, 5.41) is 8.84. The third kappa shape index (κ3) is 5.19. The first-order valence-corrected chi connectivity index (χ1v) is 11.8. The van der Waals surface area contributed by atoms with Gasteiger partial charge < -0.3 is 10.1 Å². The van der Waals surface area contributed by atoms with E-state index >= 15 is 0 Å². The Morgan fingerprint density at radius 1 is 1.00 bits per heavy atom. The number of carbonyl (C=O) groups is 1. The van der Waals surface area contributed by atoms with Crippen molar-refractivity contribution in [3.05, 3.63) is 90.0 Å². The lowest BCUT2D eigenvalue weighted by Gasteiger charge is -2.11. The summed E-state index contributed by atoms with van der Waals surface area (Å²) in [7, 11) is -2.12. The summed E-state index contributed by atoms with van der Waals surface area (Å²) in [6.45, 7) is 0.388. The topological polar surface area (TPSA) is 111 Å². The van der Waals surface area contributed by atoms with Gasteiger partial charge in [0.25, 0.3) is 5.91 Å². The monoisotopic (exact) mass is 461 g/mol. The quantitative estimate of drug-likeness (QED) is 0.437. The highest BCUT2D eigenvalue weighted by Crippen LogP contribution is 2.27. The van der Waals surface area contributed by atoms with Crippen LogP contribution in [0.25, 0.3) is 22.2 Å². The maximum absolute atomic E-state index is 13.1. The molecule has 0 fully saturated rings. The largest absolute Gasteiger partial charge is 0.497 e. The van der Waals surface area contributed by atoms with Crippen molar-refractivity contribution in [1.82, 2.24) is 10.3 Å². The Morgan fingerprint density at radius 2 is 1.76 bits per heavy atom. The molecule has 0 spiro atoms. The van der Waals surface area contributed by atoms with Crippen LogP contribution in [0.2, 0.25) is 0 Å². The highest BCUT2D eigenvalue weighted by atomic mass is 32.2. The van der Waals surface area contributed by atoms with Crippen molar-refractivity contribution in [3.63, 3.8) is 0 Å². The van der Waals surface area contributed by atoms with E-state index in [-0.39, 0.29) is 10.8 Å². The van der Waals surface area contributed by atoms with E-state index in [1.807, 2.05) is 48.5 Å². The Kier molecular flexibility index (Phi) is 6.39. The van der Waals surface area contributed by atoms with Crippen LogP contribution >= 0.6 is 0 Å². The number of sulfonamides is 1. The first-order valence-electron chi connectivity index (χ1n) is 10.3. The number of benzene rings is 3. The number of ether oxygens (including phenoxy) is 1. The summed E-state index contributed by atoms with van der Waals surface area (Å²) >= 11 is 0. The molecule has 8 heteroatoms. The molecule has 3 aromatic carbocycles. The molecule has 4 rings (SSSR count). The van der Waals surface area contributed by atoms with Crippen LogP contribution in [0.3, 0.4) is 0 Å². The van der Waals surface area contributed by atoms with E-state index in [0.29, 0.717) is 30.0 Å². The van der Waals surface area contributed by atoms with Crippen molar-refractivity contribution < 1.29 is 17.9 Å². The van der Waals surface area contributed by atoms with Crippen molar-refractivity contribution in [2.24, 2.45) is 5.14 Å². The molecule has 33 heavy (non-hydrogen) atoms. The average Bonchev–Trinajstić information content (AvgIpc) is 2.83. The van der Waals surface area contributed by atoms with Gasteiger partial charge in [0.1, 0.15) is 5.75 Å². The Morgan fingerprint density at radius 3 is 2.48 bits per heavy atom. The van der Waals surface area contributed by atoms with Crippen LogP contribution in [0.4, 0.5) is 0 Å². The molecule has 1 aromatic heterocycles. The first-order chi connectivity index (χ1) is 15.8. The second-order valence-electron chi connectivity index (χ2n) is 7.50. The van der Waals surface area contributed by atoms with E-state index in [4.69, 9.17) is 14.9 Å². The number of primary sulfonamides is 1. The van der Waals surface area contributed by atoms with Crippen molar-refractivity contribution in [2.75, 3.05) is 13.7 Å². The predicted octanol–water partition coefficient (Wildman–Crippen LogP) is 3.53. The molecule has 7 nitrogen and oxygen atoms in total. The number of aromatic nitrogens is 1. The van der Waals surface area contributed by atoms with E-state index in [0.717, 1.165) is 22.0 Å². The molecule has 0 aliphatic heterocycles. The fourth-order valence-corrected chi connectivity index (χ4v) is 4.07. The number of methoxy groups -OCH3 is 1. The number of rotatable bonds is 7. The molecular formula is C25H23N3O4S. The third-order valence-corrected chi connectivity index (χ3v) is 6.21. The molecular weight excluding hydrogens is 438 g/mol. The fourth-order valence-electron chi connectivity index (χ4n) is 3.55. The number of para-hydroxylation sites is 1. The van der Waals surface area contributed by atoms with Crippen molar-refractivity contribution in [3.8, 4) is 17.0 Å². The molecule has 0 aliphatic carbocycles. The molecule has 0 saturated carbocycles. The van der Waals surface area contributed by atoms with Crippen molar-refractivity contribution >= 4 is 26.8 Å². The lowest BCUT2D eigenvalue weighted by Crippen LogP contribution is -2.26. The summed E-state index contributed by atoms with van der Waals surface area (Å²) < 4.78 is 28.1. The lowest BCUT2D eigenvalue weighted by atomic mass is 10.0. The van der Waals surface area contributed by atoms with Crippen LogP contribution < -0.4 is 15.2 Å². The van der Waals surface area contributed by atoms with Crippen LogP contribution in [0.1, 0.15) is 15.9 Å². The minimum Gasteiger partial charge on any atom is -0.497 e. The maximum Gasteiger partial charge on any atom is 0.252 e. The fraction of sp³-hybridized carbons (Fsp3) is 0.120. The number of nitrogens with one attached hydrogen (secondary N) is 1. The average molecular weight is 462 g/mol. The molecule has 3 N–H and O–H groups in total. The number of nitrogens with two attached hydrogens (primary N) is 1. The number of carbonyl (C=O) groups excluding carboxylic acids is 1. The van der Waals surface area contributed by atoms with Gasteiger partial charge in [0.2, 0.25) is 10.0 Å². The number of amides is 1. The van der Waals surface area contributed by atoms with Gasteiger partial charge >= 0.3 is 0 Å². The van der Waals surface area contributed by atoms with Crippen LogP contribution in [0.15, 0.2) is 83.8 Å². The van der Waals surface area contributed by atoms with Gasteiger partial charge in [-0.05, 0) is 48.4 Å². The Labute approximate surface area is 192 Å². The number of fused-ring (bicyclic) bond motifs is 1. The summed E-state index contributed by atoms with van der Waals surface area (Å²) in [4.78, 5) is 17.9. The Balaban J connectivity index is 1.56. The Hall–Kier alpha value is -3.75. The number of hydrogen-bond donors (Lipinski definition) is 2. The molecule has 0 saturated heterocycles. The van der Waals surface area contributed by atoms with Gasteiger partial charge in [0.05, 0.1) is 28.8 Å². The van der Waals surface area contributed by atoms with E-state index < -0.39 is 10.0 Å². The summed E-state index contributed by atoms with van der Waals surface area (Å²) in [6, 6.07) is 23.1. The second kappa shape index (κ2) is 9.40. The molecule has 0 radical (unpaired) electrons. The summed E-state index contributed by atoms with van der Waals surface area (Å²) in [5.41, 5.74) is 3.67. The van der Waals surface area contributed by atoms with Gasteiger partial charge in [-0.1, -0.05) is 42.5 Å². The normalized spacial score (nSPS) is 11.3. The van der Waals surface area contributed by atoms with E-state index in [9.17, 15) is 13.2 Å². The molecule has 4 aromatic rings. The molecule has 0 aliphatic rings. The zero-order valence-electron chi connectivity index (χ0n) is 18.0. The third-order valence-electron chi connectivity index (χ3n) is 5.28. The summed E-state index contributed by atoms with van der Waals surface area (Å²) in [6.07, 6.45) is 0.544. The maximum atomic E-state index is 13.1. The number of hydrogen-bond acceptors (Lipinski definition) is 5. The van der Waals surface area contributed by atoms with Gasteiger partial charge in [-0.3, -0.25) is 4.79 Å². The van der Waals surface area contributed by atoms with Crippen LogP contribution in [-0.4, -0.2) is 33.0 Å². The molecule has 1 amide bonds. The van der Waals surface area contributed by atoms with Crippen molar-refractivity contribution in [1.29, 1.82) is 0 Å². The summed E-state index contributed by atoms with van der Waals surface area (Å²) in [5.74, 6) is 0.501. The van der Waals surface area contributed by atoms with E-state index in [2.05, 4.69) is 5.32 Å². The van der Waals surface area contributed by atoms with Gasteiger partial charge in [0, 0.05) is 17.5 Å². The number of nitrogens with zero attached hydrogens (tertiary/aromatic N) is 1. The predicted molar refractivity (Wildman–Crippen MR) is 128 cm³/mol. The van der Waals surface area contributed by atoms with E-state index in [1.165, 1.54) is 12.1 Å². The van der Waals surface area contributed by atoms with Gasteiger partial charge in [-0.25, -0.2) is 18.5 Å². The van der Waals surface area contributed by atoms with Crippen molar-refractivity contribution in [2.45, 2.75) is 11.3 Å². The smallest absolute Gasteiger partial charge is 0.252 e. The van der Waals surface area contributed by atoms with Gasteiger partial charge in [-0.15, -0.1) is 0 Å². The zero-order valence-corrected chi connectivity index (χ0v) is 18.8. The zero-order chi connectivity index (χ0) is 23.4. The van der Waals surface area contributed by atoms with Gasteiger partial charge in [0.15, 0.2) is 0 Å². The Bertz CT molecular complexity index is 1420. The minimum atomic E-state index is -3.73. The molecule has 0 unspecified atom stereocenters. The molecule has 0 atom stereocenters. The highest BCUT2D eigenvalue weighted by molar-refractivity contribution is 7.89. The standard InChI is InChI=1S/C25H23N3O4S/c1-32-19-6-4-5-18(15-19)24-16-22(21-7-2-3-8-23(21)28-24)25(29)27-14-13-17-9-11-20(12-10-17)33(26,30)31/h2-12,15-16H,13-14H2,1H3,(H,27,29)(H2,26,30,31). The van der Waals surface area contributed by atoms with Crippen LogP contribution in [-0.2, 0) is 16.4 Å². The molecule has 168 valence electrons. The second-order valence-corrected chi connectivity index (χ2v) is 9.06. The highest BCUT2D eigenvalue weighted by Gasteiger charge is 2.14. The lowest BCUT2D eigenvalue weighted by molar-refractivity contribution is 0.0955. The molecule has 1 heterocycles. The minimum absolute atomic E-state index is 0.0589. The van der Waals surface area contributed by atoms with Gasteiger partial charge in [-0.2, -0.15) is 0 Å². The number of pyridine rings is 1. The first kappa shape index (κ1) is 22.4.